The van der Waals surface area contributed by atoms with Gasteiger partial charge in [0.2, 0.25) is 11.8 Å². The summed E-state index contributed by atoms with van der Waals surface area (Å²) in [7, 11) is 0. The SMILES string of the molecule is CCOC(=O)c1c(NC(=O)C(C)Sc2cccc(NC(=O)C3CCCCC3)c2)sc2c1CCN(Cc1ccccc1)C2. The number of thiophene rings is 1. The Labute approximate surface area is 256 Å². The van der Waals surface area contributed by atoms with Crippen LogP contribution in [0.5, 0.6) is 0 Å². The van der Waals surface area contributed by atoms with Crippen LogP contribution in [0.2, 0.25) is 0 Å². The molecule has 2 aliphatic rings. The summed E-state index contributed by atoms with van der Waals surface area (Å²) in [6.07, 6.45) is 6.05. The Hall–Kier alpha value is -3.14. The molecule has 2 amide bonds. The maximum absolute atomic E-state index is 13.4. The van der Waals surface area contributed by atoms with E-state index in [1.54, 1.807) is 6.92 Å². The molecular formula is C33H39N3O4S2. The number of nitrogens with zero attached hydrogens (tertiary/aromatic N) is 1. The van der Waals surface area contributed by atoms with Gasteiger partial charge >= 0.3 is 5.97 Å². The summed E-state index contributed by atoms with van der Waals surface area (Å²) in [5.74, 6) is -0.404. The van der Waals surface area contributed by atoms with Gasteiger partial charge in [0.1, 0.15) is 5.00 Å². The third-order valence-electron chi connectivity index (χ3n) is 7.86. The maximum atomic E-state index is 13.4. The molecule has 1 aliphatic heterocycles. The number of esters is 1. The van der Waals surface area contributed by atoms with Crippen LogP contribution < -0.4 is 10.6 Å². The number of hydrogen-bond acceptors (Lipinski definition) is 7. The second-order valence-corrected chi connectivity index (χ2v) is 13.5. The molecule has 2 aromatic carbocycles. The van der Waals surface area contributed by atoms with Gasteiger partial charge in [-0.25, -0.2) is 4.79 Å². The summed E-state index contributed by atoms with van der Waals surface area (Å²) < 4.78 is 5.40. The number of rotatable bonds is 10. The summed E-state index contributed by atoms with van der Waals surface area (Å²) >= 11 is 2.90. The number of amides is 2. The lowest BCUT2D eigenvalue weighted by atomic mass is 9.88. The summed E-state index contributed by atoms with van der Waals surface area (Å²) in [6, 6.07) is 18.0. The van der Waals surface area contributed by atoms with E-state index >= 15 is 0 Å². The highest BCUT2D eigenvalue weighted by molar-refractivity contribution is 8.00. The maximum Gasteiger partial charge on any atom is 0.341 e. The van der Waals surface area contributed by atoms with Gasteiger partial charge in [-0.3, -0.25) is 14.5 Å². The van der Waals surface area contributed by atoms with Crippen LogP contribution in [0.25, 0.3) is 0 Å². The molecule has 7 nitrogen and oxygen atoms in total. The average Bonchev–Trinajstić information content (AvgIpc) is 3.35. The summed E-state index contributed by atoms with van der Waals surface area (Å²) in [5.41, 5.74) is 3.48. The monoisotopic (exact) mass is 605 g/mol. The molecular weight excluding hydrogens is 567 g/mol. The molecule has 222 valence electrons. The number of fused-ring (bicyclic) bond motifs is 1. The van der Waals surface area contributed by atoms with Gasteiger partial charge in [0, 0.05) is 41.0 Å². The van der Waals surface area contributed by atoms with Crippen LogP contribution in [0.15, 0.2) is 59.5 Å². The molecule has 3 aromatic rings. The molecule has 0 radical (unpaired) electrons. The zero-order chi connectivity index (χ0) is 29.5. The third kappa shape index (κ3) is 7.62. The predicted molar refractivity (Wildman–Crippen MR) is 170 cm³/mol. The van der Waals surface area contributed by atoms with Crippen molar-refractivity contribution in [2.45, 2.75) is 75.6 Å². The fourth-order valence-electron chi connectivity index (χ4n) is 5.67. The number of hydrogen-bond donors (Lipinski definition) is 2. The van der Waals surface area contributed by atoms with Crippen molar-refractivity contribution >= 4 is 51.6 Å². The number of anilines is 2. The zero-order valence-corrected chi connectivity index (χ0v) is 26.0. The molecule has 0 spiro atoms. The Morgan fingerprint density at radius 1 is 1.05 bits per heavy atom. The Morgan fingerprint density at radius 3 is 2.60 bits per heavy atom. The lowest BCUT2D eigenvalue weighted by molar-refractivity contribution is -0.120. The molecule has 5 rings (SSSR count). The first kappa shape index (κ1) is 30.3. The summed E-state index contributed by atoms with van der Waals surface area (Å²) in [4.78, 5) is 43.5. The van der Waals surface area contributed by atoms with Crippen LogP contribution in [-0.4, -0.2) is 41.1 Å². The first-order valence-electron chi connectivity index (χ1n) is 14.9. The van der Waals surface area contributed by atoms with Crippen molar-refractivity contribution < 1.29 is 19.1 Å². The van der Waals surface area contributed by atoms with Gasteiger partial charge in [-0.15, -0.1) is 23.1 Å². The smallest absolute Gasteiger partial charge is 0.341 e. The van der Waals surface area contributed by atoms with Crippen LogP contribution in [0.3, 0.4) is 0 Å². The van der Waals surface area contributed by atoms with Crippen LogP contribution in [0.4, 0.5) is 10.7 Å². The minimum absolute atomic E-state index is 0.0791. The highest BCUT2D eigenvalue weighted by Gasteiger charge is 2.30. The zero-order valence-electron chi connectivity index (χ0n) is 24.3. The van der Waals surface area contributed by atoms with E-state index in [0.29, 0.717) is 10.6 Å². The number of carbonyl (C=O) groups is 3. The van der Waals surface area contributed by atoms with Gasteiger partial charge in [0.15, 0.2) is 0 Å². The Morgan fingerprint density at radius 2 is 1.83 bits per heavy atom. The molecule has 42 heavy (non-hydrogen) atoms. The largest absolute Gasteiger partial charge is 0.462 e. The van der Waals surface area contributed by atoms with Crippen molar-refractivity contribution in [1.82, 2.24) is 4.90 Å². The lowest BCUT2D eigenvalue weighted by Gasteiger charge is -2.27. The van der Waals surface area contributed by atoms with Gasteiger partial charge in [-0.05, 0) is 62.4 Å². The van der Waals surface area contributed by atoms with Gasteiger partial charge in [-0.2, -0.15) is 0 Å². The van der Waals surface area contributed by atoms with Crippen molar-refractivity contribution in [3.63, 3.8) is 0 Å². The minimum Gasteiger partial charge on any atom is -0.462 e. The fraction of sp³-hybridized carbons (Fsp3) is 0.424. The van der Waals surface area contributed by atoms with Crippen molar-refractivity contribution in [3.05, 3.63) is 76.2 Å². The van der Waals surface area contributed by atoms with Crippen LogP contribution in [0, 0.1) is 5.92 Å². The number of benzene rings is 2. The van der Waals surface area contributed by atoms with E-state index in [9.17, 15) is 14.4 Å². The number of ether oxygens (including phenoxy) is 1. The molecule has 0 bridgehead atoms. The molecule has 0 saturated heterocycles. The molecule has 1 saturated carbocycles. The average molecular weight is 606 g/mol. The first-order chi connectivity index (χ1) is 20.4. The van der Waals surface area contributed by atoms with Crippen molar-refractivity contribution in [3.8, 4) is 0 Å². The van der Waals surface area contributed by atoms with Gasteiger partial charge < -0.3 is 15.4 Å². The van der Waals surface area contributed by atoms with E-state index < -0.39 is 5.25 Å². The molecule has 2 N–H and O–H groups in total. The molecule has 1 aliphatic carbocycles. The van der Waals surface area contributed by atoms with Gasteiger partial charge in [-0.1, -0.05) is 55.7 Å². The molecule has 1 fully saturated rings. The lowest BCUT2D eigenvalue weighted by Crippen LogP contribution is -2.30. The second-order valence-electron chi connectivity index (χ2n) is 11.0. The van der Waals surface area contributed by atoms with Crippen molar-refractivity contribution in [2.75, 3.05) is 23.8 Å². The predicted octanol–water partition coefficient (Wildman–Crippen LogP) is 7.12. The third-order valence-corrected chi connectivity index (χ3v) is 10.1. The van der Waals surface area contributed by atoms with Crippen LogP contribution >= 0.6 is 23.1 Å². The fourth-order valence-corrected chi connectivity index (χ4v) is 7.88. The molecule has 1 unspecified atom stereocenters. The van der Waals surface area contributed by atoms with E-state index in [2.05, 4.69) is 27.7 Å². The van der Waals surface area contributed by atoms with Crippen LogP contribution in [0.1, 0.15) is 72.3 Å². The van der Waals surface area contributed by atoms with E-state index in [0.717, 1.165) is 72.8 Å². The van der Waals surface area contributed by atoms with Crippen molar-refractivity contribution in [1.29, 1.82) is 0 Å². The molecule has 9 heteroatoms. The summed E-state index contributed by atoms with van der Waals surface area (Å²) in [5, 5.41) is 6.26. The standard InChI is InChI=1S/C33H39N3O4S2/c1-3-40-33(39)29-27-17-18-36(20-23-11-6-4-7-12-23)21-28(27)42-32(29)35-30(37)22(2)41-26-16-10-15-25(19-26)34-31(38)24-13-8-5-9-14-24/h4,6-7,10-12,15-16,19,22,24H,3,5,8-9,13-14,17-18,20-21H2,1-2H3,(H,34,38)(H,35,37). The van der Waals surface area contributed by atoms with E-state index in [1.807, 2.05) is 49.4 Å². The topological polar surface area (TPSA) is 87.7 Å². The normalized spacial score (nSPS) is 16.3. The van der Waals surface area contributed by atoms with E-state index in [1.165, 1.54) is 35.1 Å². The quantitative estimate of drug-likeness (QED) is 0.189. The number of carbonyl (C=O) groups excluding carboxylic acids is 3. The second kappa shape index (κ2) is 14.4. The summed E-state index contributed by atoms with van der Waals surface area (Å²) in [6.45, 7) is 6.31. The molecule has 2 heterocycles. The van der Waals surface area contributed by atoms with Gasteiger partial charge in [0.25, 0.3) is 0 Å². The Balaban J connectivity index is 1.25. The highest BCUT2D eigenvalue weighted by Crippen LogP contribution is 2.39. The molecule has 1 aromatic heterocycles. The Bertz CT molecular complexity index is 1400. The minimum atomic E-state index is -0.418. The highest BCUT2D eigenvalue weighted by atomic mass is 32.2. The van der Waals surface area contributed by atoms with E-state index in [-0.39, 0.29) is 30.3 Å². The number of nitrogens with one attached hydrogen (secondary N) is 2. The van der Waals surface area contributed by atoms with Crippen LogP contribution in [-0.2, 0) is 33.8 Å². The van der Waals surface area contributed by atoms with E-state index in [4.69, 9.17) is 4.74 Å². The number of thioether (sulfide) groups is 1. The van der Waals surface area contributed by atoms with Crippen molar-refractivity contribution in [2.24, 2.45) is 5.92 Å². The first-order valence-corrected chi connectivity index (χ1v) is 16.6. The molecule has 1 atom stereocenters. The van der Waals surface area contributed by atoms with Gasteiger partial charge in [0.05, 0.1) is 17.4 Å². The Kier molecular flexibility index (Phi) is 10.4.